The second-order valence-electron chi connectivity index (χ2n) is 4.66. The predicted octanol–water partition coefficient (Wildman–Crippen LogP) is -0.392. The zero-order valence-electron chi connectivity index (χ0n) is 9.18. The first-order valence-electron chi connectivity index (χ1n) is 4.57. The molecule has 1 aliphatic heterocycles. The van der Waals surface area contributed by atoms with Gasteiger partial charge in [0.2, 0.25) is 0 Å². The van der Waals surface area contributed by atoms with E-state index in [1.807, 2.05) is 0 Å². The average molecular weight is 237 g/mol. The van der Waals surface area contributed by atoms with Gasteiger partial charge in [-0.2, -0.15) is 0 Å². The van der Waals surface area contributed by atoms with Crippen LogP contribution in [0.25, 0.3) is 0 Å². The monoisotopic (exact) mass is 237 g/mol. The fraction of sp³-hybridized carbons (Fsp3) is 0.875. The Kier molecular flexibility index (Phi) is 2.62. The van der Waals surface area contributed by atoms with Crippen LogP contribution < -0.4 is 5.11 Å². The number of amides is 1. The molecule has 1 heterocycles. The molecule has 1 rings (SSSR count). The minimum Gasteiger partial charge on any atom is -0.497 e. The van der Waals surface area contributed by atoms with Gasteiger partial charge < -0.3 is 9.90 Å². The second kappa shape index (κ2) is 3.16. The number of carbonyl (C=O) groups excluding carboxylic acids is 1. The van der Waals surface area contributed by atoms with Crippen LogP contribution in [0, 0.1) is 0 Å². The van der Waals surface area contributed by atoms with Gasteiger partial charge in [-0.15, -0.1) is 12.3 Å². The molecule has 15 heavy (non-hydrogen) atoms. The van der Waals surface area contributed by atoms with Crippen LogP contribution in [-0.4, -0.2) is 36.6 Å². The van der Waals surface area contributed by atoms with Crippen molar-refractivity contribution in [2.45, 2.75) is 39.3 Å². The SMILES string of the molecule is C[C@H]1COS(=O)(=O)[N+]1(C(=O)[O-])C(C)(C)C. The molecule has 0 aromatic carbocycles. The van der Waals surface area contributed by atoms with Gasteiger partial charge in [0, 0.05) is 0 Å². The maximum atomic E-state index is 11.7. The van der Waals surface area contributed by atoms with E-state index >= 15 is 0 Å². The Morgan fingerprint density at radius 1 is 1.47 bits per heavy atom. The molecule has 0 N–H and O–H groups in total. The molecule has 1 amide bonds. The van der Waals surface area contributed by atoms with Crippen LogP contribution in [0.2, 0.25) is 0 Å². The Labute approximate surface area is 89.3 Å². The number of rotatable bonds is 0. The molecule has 0 aromatic heterocycles. The maximum Gasteiger partial charge on any atom is 0.442 e. The number of quaternary nitrogens is 1. The molecule has 6 nitrogen and oxygen atoms in total. The number of hydrogen-bond acceptors (Lipinski definition) is 5. The molecule has 0 aromatic rings. The summed E-state index contributed by atoms with van der Waals surface area (Å²) in [4.78, 5) is 11.2. The largest absolute Gasteiger partial charge is 0.497 e. The third-order valence-electron chi connectivity index (χ3n) is 2.70. The number of carboxylic acid groups (broad SMARTS) is 1. The third-order valence-corrected chi connectivity index (χ3v) is 4.90. The minimum atomic E-state index is -4.18. The van der Waals surface area contributed by atoms with E-state index in [2.05, 4.69) is 4.18 Å². The Morgan fingerprint density at radius 2 is 1.93 bits per heavy atom. The summed E-state index contributed by atoms with van der Waals surface area (Å²) in [6.07, 6.45) is -1.65. The molecule has 1 unspecified atom stereocenters. The van der Waals surface area contributed by atoms with Crippen LogP contribution >= 0.6 is 0 Å². The number of carbonyl (C=O) groups is 1. The van der Waals surface area contributed by atoms with Crippen molar-refractivity contribution >= 4 is 16.4 Å². The Balaban J connectivity index is 3.53. The third kappa shape index (κ3) is 1.37. The molecule has 1 saturated heterocycles. The summed E-state index contributed by atoms with van der Waals surface area (Å²) in [6.45, 7) is 5.99. The highest BCUT2D eigenvalue weighted by molar-refractivity contribution is 7.81. The van der Waals surface area contributed by atoms with Crippen molar-refractivity contribution in [3.8, 4) is 0 Å². The zero-order valence-corrected chi connectivity index (χ0v) is 10.00. The number of nitrogens with zero attached hydrogens (tertiary/aromatic N) is 1. The summed E-state index contributed by atoms with van der Waals surface area (Å²) < 4.78 is 26.8. The lowest BCUT2D eigenvalue weighted by molar-refractivity contribution is -0.822. The normalized spacial score (nSPS) is 35.3. The molecule has 0 aliphatic carbocycles. The highest BCUT2D eigenvalue weighted by Crippen LogP contribution is 2.38. The summed E-state index contributed by atoms with van der Waals surface area (Å²) in [5.41, 5.74) is -1.03. The second-order valence-corrected chi connectivity index (χ2v) is 6.32. The molecular weight excluding hydrogens is 222 g/mol. The quantitative estimate of drug-likeness (QED) is 0.536. The Hall–Kier alpha value is -0.660. The summed E-state index contributed by atoms with van der Waals surface area (Å²) >= 11 is 0. The topological polar surface area (TPSA) is 83.5 Å². The fourth-order valence-electron chi connectivity index (χ4n) is 2.13. The molecule has 88 valence electrons. The van der Waals surface area contributed by atoms with Crippen molar-refractivity contribution in [3.05, 3.63) is 0 Å². The van der Waals surface area contributed by atoms with Gasteiger partial charge in [-0.05, 0) is 27.7 Å². The molecular formula is C8H15NO5S. The predicted molar refractivity (Wildman–Crippen MR) is 49.7 cm³/mol. The summed E-state index contributed by atoms with van der Waals surface area (Å²) in [6, 6.07) is -0.681. The van der Waals surface area contributed by atoms with E-state index in [1.54, 1.807) is 0 Å². The Bertz CT molecular complexity index is 382. The highest BCUT2D eigenvalue weighted by atomic mass is 32.2. The van der Waals surface area contributed by atoms with E-state index < -0.39 is 31.9 Å². The van der Waals surface area contributed by atoms with Crippen LogP contribution in [0.3, 0.4) is 0 Å². The first-order chi connectivity index (χ1) is 6.57. The molecule has 0 bridgehead atoms. The van der Waals surface area contributed by atoms with Gasteiger partial charge in [-0.25, -0.2) is 4.18 Å². The van der Waals surface area contributed by atoms with Gasteiger partial charge in [0.1, 0.15) is 18.2 Å². The molecule has 0 saturated carbocycles. The summed E-state index contributed by atoms with van der Waals surface area (Å²) in [7, 11) is -4.18. The van der Waals surface area contributed by atoms with Crippen molar-refractivity contribution in [3.63, 3.8) is 0 Å². The lowest BCUT2D eigenvalue weighted by Crippen LogP contribution is -2.71. The van der Waals surface area contributed by atoms with E-state index in [-0.39, 0.29) is 6.61 Å². The van der Waals surface area contributed by atoms with Gasteiger partial charge in [-0.3, -0.25) is 0 Å². The van der Waals surface area contributed by atoms with Crippen LogP contribution in [0.1, 0.15) is 27.7 Å². The van der Waals surface area contributed by atoms with Gasteiger partial charge >= 0.3 is 10.3 Å². The summed E-state index contributed by atoms with van der Waals surface area (Å²) in [5, 5.41) is 11.2. The molecule has 0 radical (unpaired) electrons. The van der Waals surface area contributed by atoms with E-state index in [9.17, 15) is 18.3 Å². The molecule has 1 fully saturated rings. The zero-order chi connectivity index (χ0) is 12.1. The van der Waals surface area contributed by atoms with Crippen molar-refractivity contribution in [1.29, 1.82) is 0 Å². The van der Waals surface area contributed by atoms with Crippen LogP contribution in [0.15, 0.2) is 0 Å². The van der Waals surface area contributed by atoms with Crippen LogP contribution in [-0.2, 0) is 14.5 Å². The summed E-state index contributed by atoms with van der Waals surface area (Å²) in [5.74, 6) is 0. The molecule has 0 spiro atoms. The van der Waals surface area contributed by atoms with E-state index in [1.165, 1.54) is 27.7 Å². The molecule has 2 atom stereocenters. The molecule has 1 aliphatic rings. The van der Waals surface area contributed by atoms with Gasteiger partial charge in [-0.1, -0.05) is 0 Å². The first kappa shape index (κ1) is 12.4. The van der Waals surface area contributed by atoms with Crippen molar-refractivity contribution in [2.24, 2.45) is 0 Å². The van der Waals surface area contributed by atoms with Crippen molar-refractivity contribution < 1.29 is 26.4 Å². The highest BCUT2D eigenvalue weighted by Gasteiger charge is 2.63. The fourth-order valence-corrected chi connectivity index (χ4v) is 4.02. The molecule has 7 heteroatoms. The van der Waals surface area contributed by atoms with Crippen molar-refractivity contribution in [1.82, 2.24) is 0 Å². The van der Waals surface area contributed by atoms with E-state index in [0.717, 1.165) is 0 Å². The lowest BCUT2D eigenvalue weighted by Gasteiger charge is -2.43. The smallest absolute Gasteiger partial charge is 0.442 e. The Morgan fingerprint density at radius 3 is 2.07 bits per heavy atom. The van der Waals surface area contributed by atoms with Gasteiger partial charge in [0.25, 0.3) is 6.09 Å². The minimum absolute atomic E-state index is 0.131. The standard InChI is InChI=1S/C8H15NO5S/c1-6-5-14-15(12,13)9(6,7(10)11)8(2,3)4/h6H,5H2,1-4H3/t6-,9?/m0/s1. The van der Waals surface area contributed by atoms with Gasteiger partial charge in [0.05, 0.1) is 0 Å². The first-order valence-corrected chi connectivity index (χ1v) is 5.94. The number of hydrogen-bond donors (Lipinski definition) is 0. The average Bonchev–Trinajstić information content (AvgIpc) is 2.20. The van der Waals surface area contributed by atoms with Crippen LogP contribution in [0.5, 0.6) is 0 Å². The van der Waals surface area contributed by atoms with E-state index in [0.29, 0.717) is 0 Å². The maximum absolute atomic E-state index is 11.7. The van der Waals surface area contributed by atoms with Gasteiger partial charge in [0.15, 0.2) is 0 Å². The van der Waals surface area contributed by atoms with Crippen LogP contribution in [0.4, 0.5) is 4.79 Å². The lowest BCUT2D eigenvalue weighted by atomic mass is 10.0. The van der Waals surface area contributed by atoms with Crippen molar-refractivity contribution in [2.75, 3.05) is 6.61 Å². The van der Waals surface area contributed by atoms with E-state index in [4.69, 9.17) is 0 Å².